The molecule has 3 heterocycles. The second-order valence-corrected chi connectivity index (χ2v) is 8.90. The van der Waals surface area contributed by atoms with E-state index in [4.69, 9.17) is 14.2 Å². The first-order valence-corrected chi connectivity index (χ1v) is 12.3. The predicted molar refractivity (Wildman–Crippen MR) is 138 cm³/mol. The van der Waals surface area contributed by atoms with Crippen LogP contribution in [0.3, 0.4) is 0 Å². The highest BCUT2D eigenvalue weighted by atomic mass is 32.2. The number of nitrogens with one attached hydrogen (secondary N) is 1. The SMILES string of the molecule is COC(=O)C1=C(C)N=C2SC=C(CC(=O)NCCc3ccccn3)N2C1c1cccc(OC)c1OC. The quantitative estimate of drug-likeness (QED) is 0.513. The zero-order valence-corrected chi connectivity index (χ0v) is 21.4. The van der Waals surface area contributed by atoms with Crippen molar-refractivity contribution in [2.75, 3.05) is 27.9 Å². The number of carbonyl (C=O) groups is 2. The Morgan fingerprint density at radius 2 is 1.94 bits per heavy atom. The molecular weight excluding hydrogens is 480 g/mol. The van der Waals surface area contributed by atoms with Gasteiger partial charge in [-0.3, -0.25) is 9.78 Å². The van der Waals surface area contributed by atoms with Crippen LogP contribution in [0.2, 0.25) is 0 Å². The fourth-order valence-corrected chi connectivity index (χ4v) is 5.23. The van der Waals surface area contributed by atoms with Gasteiger partial charge in [0.25, 0.3) is 0 Å². The maximum absolute atomic E-state index is 12.9. The van der Waals surface area contributed by atoms with Gasteiger partial charge in [0, 0.05) is 36.1 Å². The first-order valence-electron chi connectivity index (χ1n) is 11.4. The average Bonchev–Trinajstić information content (AvgIpc) is 3.29. The number of benzene rings is 1. The molecule has 9 nitrogen and oxygen atoms in total. The Morgan fingerprint density at radius 1 is 1.11 bits per heavy atom. The van der Waals surface area contributed by atoms with Crippen LogP contribution in [0.25, 0.3) is 0 Å². The number of aliphatic imine (C=N–C) groups is 1. The number of hydrogen-bond donors (Lipinski definition) is 1. The highest BCUT2D eigenvalue weighted by Gasteiger charge is 2.42. The number of nitrogens with zero attached hydrogens (tertiary/aromatic N) is 3. The molecule has 1 aromatic heterocycles. The van der Waals surface area contributed by atoms with E-state index < -0.39 is 12.0 Å². The van der Waals surface area contributed by atoms with Gasteiger partial charge in [-0.1, -0.05) is 30.0 Å². The van der Waals surface area contributed by atoms with Crippen molar-refractivity contribution in [3.05, 3.63) is 76.2 Å². The lowest BCUT2D eigenvalue weighted by Crippen LogP contribution is -2.38. The van der Waals surface area contributed by atoms with Gasteiger partial charge in [0.05, 0.1) is 45.1 Å². The van der Waals surface area contributed by atoms with Gasteiger partial charge < -0.3 is 24.4 Å². The summed E-state index contributed by atoms with van der Waals surface area (Å²) in [5.41, 5.74) is 3.25. The van der Waals surface area contributed by atoms with Crippen molar-refractivity contribution in [1.29, 1.82) is 0 Å². The van der Waals surface area contributed by atoms with E-state index in [0.717, 1.165) is 11.4 Å². The Hall–Kier alpha value is -3.79. The zero-order valence-electron chi connectivity index (χ0n) is 20.6. The smallest absolute Gasteiger partial charge is 0.338 e. The van der Waals surface area contributed by atoms with E-state index in [1.807, 2.05) is 40.6 Å². The van der Waals surface area contributed by atoms with Crippen LogP contribution in [0, 0.1) is 0 Å². The van der Waals surface area contributed by atoms with Crippen molar-refractivity contribution >= 4 is 28.8 Å². The van der Waals surface area contributed by atoms with E-state index >= 15 is 0 Å². The first kappa shape index (κ1) is 25.3. The van der Waals surface area contributed by atoms with Crippen molar-refractivity contribution < 1.29 is 23.8 Å². The molecule has 1 atom stereocenters. The van der Waals surface area contributed by atoms with E-state index in [1.54, 1.807) is 33.4 Å². The minimum absolute atomic E-state index is 0.116. The second-order valence-electron chi connectivity index (χ2n) is 8.07. The molecule has 1 N–H and O–H groups in total. The molecule has 4 rings (SSSR count). The Balaban J connectivity index is 1.62. The molecule has 1 unspecified atom stereocenters. The normalized spacial score (nSPS) is 16.7. The van der Waals surface area contributed by atoms with Crippen LogP contribution in [0.1, 0.15) is 30.6 Å². The molecule has 0 saturated heterocycles. The highest BCUT2D eigenvalue weighted by Crippen LogP contribution is 2.48. The summed E-state index contributed by atoms with van der Waals surface area (Å²) in [7, 11) is 4.45. The third-order valence-electron chi connectivity index (χ3n) is 5.91. The fraction of sp³-hybridized carbons (Fsp3) is 0.308. The van der Waals surface area contributed by atoms with Crippen molar-refractivity contribution in [1.82, 2.24) is 15.2 Å². The van der Waals surface area contributed by atoms with Gasteiger partial charge >= 0.3 is 5.97 Å². The summed E-state index contributed by atoms with van der Waals surface area (Å²) in [4.78, 5) is 36.7. The van der Waals surface area contributed by atoms with Crippen molar-refractivity contribution in [2.45, 2.75) is 25.8 Å². The minimum Gasteiger partial charge on any atom is -0.493 e. The first-order chi connectivity index (χ1) is 17.5. The molecule has 188 valence electrons. The van der Waals surface area contributed by atoms with Gasteiger partial charge in [-0.05, 0) is 30.5 Å². The maximum Gasteiger partial charge on any atom is 0.338 e. The summed E-state index contributed by atoms with van der Waals surface area (Å²) in [6, 6.07) is 10.6. The fourth-order valence-electron chi connectivity index (χ4n) is 4.27. The van der Waals surface area contributed by atoms with E-state index in [1.165, 1.54) is 18.9 Å². The number of esters is 1. The highest BCUT2D eigenvalue weighted by molar-refractivity contribution is 8.16. The molecule has 0 radical (unpaired) electrons. The molecule has 0 aliphatic carbocycles. The monoisotopic (exact) mass is 508 g/mol. The molecule has 10 heteroatoms. The number of aromatic nitrogens is 1. The number of allylic oxidation sites excluding steroid dienone is 1. The van der Waals surface area contributed by atoms with Crippen LogP contribution in [-0.2, 0) is 20.7 Å². The lowest BCUT2D eigenvalue weighted by molar-refractivity contribution is -0.136. The summed E-state index contributed by atoms with van der Waals surface area (Å²) < 4.78 is 16.3. The third-order valence-corrected chi connectivity index (χ3v) is 6.79. The van der Waals surface area contributed by atoms with Gasteiger partial charge in [-0.25, -0.2) is 9.79 Å². The molecular formula is C26H28N4O5S. The molecule has 1 amide bonds. The maximum atomic E-state index is 12.9. The van der Waals surface area contributed by atoms with Crippen LogP contribution in [-0.4, -0.2) is 54.8 Å². The number of carbonyl (C=O) groups excluding carboxylic acids is 2. The van der Waals surface area contributed by atoms with Crippen LogP contribution < -0.4 is 14.8 Å². The van der Waals surface area contributed by atoms with E-state index in [-0.39, 0.29) is 12.3 Å². The molecule has 0 spiro atoms. The van der Waals surface area contributed by atoms with Gasteiger partial charge in [0.2, 0.25) is 5.91 Å². The summed E-state index contributed by atoms with van der Waals surface area (Å²) in [5, 5.41) is 5.52. The lowest BCUT2D eigenvalue weighted by atomic mass is 9.92. The number of amides is 1. The summed E-state index contributed by atoms with van der Waals surface area (Å²) >= 11 is 1.41. The van der Waals surface area contributed by atoms with Gasteiger partial charge in [0.15, 0.2) is 16.7 Å². The van der Waals surface area contributed by atoms with Crippen molar-refractivity contribution in [3.63, 3.8) is 0 Å². The number of para-hydroxylation sites is 1. The van der Waals surface area contributed by atoms with Crippen LogP contribution in [0.5, 0.6) is 11.5 Å². The third kappa shape index (κ3) is 5.08. The number of ether oxygens (including phenoxy) is 3. The lowest BCUT2D eigenvalue weighted by Gasteiger charge is -2.36. The van der Waals surface area contributed by atoms with Gasteiger partial charge in [-0.2, -0.15) is 0 Å². The Kier molecular flexibility index (Phi) is 7.94. The van der Waals surface area contributed by atoms with Crippen molar-refractivity contribution in [2.24, 2.45) is 4.99 Å². The van der Waals surface area contributed by atoms with Crippen molar-refractivity contribution in [3.8, 4) is 11.5 Å². The minimum atomic E-state index is -0.613. The zero-order chi connectivity index (χ0) is 25.7. The predicted octanol–water partition coefficient (Wildman–Crippen LogP) is 3.60. The topological polar surface area (TPSA) is 102 Å². The van der Waals surface area contributed by atoms with Crippen LogP contribution in [0.15, 0.2) is 70.0 Å². The molecule has 1 aromatic carbocycles. The largest absolute Gasteiger partial charge is 0.493 e. The molecule has 0 saturated carbocycles. The van der Waals surface area contributed by atoms with Gasteiger partial charge in [0.1, 0.15) is 0 Å². The van der Waals surface area contributed by atoms with E-state index in [9.17, 15) is 9.59 Å². The molecule has 2 aromatic rings. The Labute approximate surface area is 214 Å². The Bertz CT molecular complexity index is 1240. The molecule has 0 bridgehead atoms. The molecule has 2 aliphatic rings. The summed E-state index contributed by atoms with van der Waals surface area (Å²) in [6.45, 7) is 2.25. The van der Waals surface area contributed by atoms with Crippen LogP contribution >= 0.6 is 11.8 Å². The summed E-state index contributed by atoms with van der Waals surface area (Å²) in [6.07, 6.45) is 2.48. The van der Waals surface area contributed by atoms with E-state index in [0.29, 0.717) is 46.5 Å². The standard InChI is InChI=1S/C26H28N4O5S/c1-16-22(25(32)35-4)23(19-9-7-10-20(33-2)24(19)34-3)30-18(15-36-26(30)29-16)14-21(31)28-13-11-17-8-5-6-12-27-17/h5-10,12,15,23H,11,13-14H2,1-4H3,(H,28,31). The second kappa shape index (κ2) is 11.3. The molecule has 2 aliphatic heterocycles. The average molecular weight is 509 g/mol. The van der Waals surface area contributed by atoms with Crippen LogP contribution in [0.4, 0.5) is 0 Å². The number of methoxy groups -OCH3 is 3. The molecule has 36 heavy (non-hydrogen) atoms. The Morgan fingerprint density at radius 3 is 2.64 bits per heavy atom. The number of hydrogen-bond acceptors (Lipinski definition) is 9. The molecule has 0 fully saturated rings. The summed E-state index contributed by atoms with van der Waals surface area (Å²) in [5.74, 6) is 0.393. The number of rotatable bonds is 9. The number of thioether (sulfide) groups is 1. The number of fused-ring (bicyclic) bond motifs is 1. The van der Waals surface area contributed by atoms with E-state index in [2.05, 4.69) is 15.3 Å². The number of amidine groups is 1. The van der Waals surface area contributed by atoms with Gasteiger partial charge in [-0.15, -0.1) is 0 Å². The number of pyridine rings is 1.